The number of sulfonamides is 1. The van der Waals surface area contributed by atoms with E-state index in [1.807, 2.05) is 59.5 Å². The van der Waals surface area contributed by atoms with Crippen molar-refractivity contribution >= 4 is 27.5 Å². The van der Waals surface area contributed by atoms with Gasteiger partial charge in [0, 0.05) is 37.5 Å². The summed E-state index contributed by atoms with van der Waals surface area (Å²) in [5.74, 6) is 0.169. The molecule has 2 amide bonds. The summed E-state index contributed by atoms with van der Waals surface area (Å²) in [4.78, 5) is 31.5. The van der Waals surface area contributed by atoms with E-state index < -0.39 is 16.1 Å². The maximum Gasteiger partial charge on any atom is 0.247 e. The minimum atomic E-state index is -3.42. The molecule has 2 aliphatic heterocycles. The van der Waals surface area contributed by atoms with Crippen LogP contribution in [0.1, 0.15) is 49.7 Å². The highest BCUT2D eigenvalue weighted by atomic mass is 32.2. The molecule has 0 aromatic heterocycles. The first-order valence-corrected chi connectivity index (χ1v) is 17.3. The Labute approximate surface area is 256 Å². The van der Waals surface area contributed by atoms with Gasteiger partial charge in [-0.25, -0.2) is 8.42 Å². The molecule has 1 saturated carbocycles. The van der Waals surface area contributed by atoms with Crippen molar-refractivity contribution in [3.63, 3.8) is 0 Å². The summed E-state index contributed by atoms with van der Waals surface area (Å²) in [5.41, 5.74) is 2.45. The second kappa shape index (κ2) is 13.4. The van der Waals surface area contributed by atoms with E-state index in [4.69, 9.17) is 4.74 Å². The SMILES string of the molecule is CN(C)C[C@H]1CCC[C@@H](C(=O)N[C@H](COCc2ccccc2)C(=O)N2CCC3(CC2)CN(S(C)(=O)=O)c2ccccc23)C1. The number of para-hydroxylation sites is 1. The zero-order valence-corrected chi connectivity index (χ0v) is 26.5. The van der Waals surface area contributed by atoms with Crippen molar-refractivity contribution in [2.24, 2.45) is 11.8 Å². The lowest BCUT2D eigenvalue weighted by atomic mass is 9.74. The summed E-state index contributed by atoms with van der Waals surface area (Å²) >= 11 is 0. The summed E-state index contributed by atoms with van der Waals surface area (Å²) in [6.07, 6.45) is 6.37. The second-order valence-electron chi connectivity index (χ2n) is 12.9. The molecule has 1 spiro atoms. The van der Waals surface area contributed by atoms with E-state index in [9.17, 15) is 18.0 Å². The van der Waals surface area contributed by atoms with E-state index in [1.54, 1.807) is 0 Å². The van der Waals surface area contributed by atoms with Gasteiger partial charge in [-0.3, -0.25) is 13.9 Å². The lowest BCUT2D eigenvalue weighted by Crippen LogP contribution is -2.56. The number of carbonyl (C=O) groups is 2. The van der Waals surface area contributed by atoms with Gasteiger partial charge in [-0.2, -0.15) is 0 Å². The molecule has 3 aliphatic rings. The molecule has 10 heteroatoms. The number of amides is 2. The molecular weight excluding hydrogens is 564 g/mol. The highest BCUT2D eigenvalue weighted by Gasteiger charge is 2.48. The van der Waals surface area contributed by atoms with Crippen LogP contribution in [0.25, 0.3) is 0 Å². The summed E-state index contributed by atoms with van der Waals surface area (Å²) < 4.78 is 32.7. The van der Waals surface area contributed by atoms with Gasteiger partial charge in [0.15, 0.2) is 0 Å². The Bertz CT molecular complexity index is 1370. The van der Waals surface area contributed by atoms with Crippen molar-refractivity contribution in [2.45, 2.75) is 56.6 Å². The maximum atomic E-state index is 14.0. The molecule has 0 unspecified atom stereocenters. The highest BCUT2D eigenvalue weighted by Crippen LogP contribution is 2.47. The molecule has 2 fully saturated rings. The van der Waals surface area contributed by atoms with Gasteiger partial charge >= 0.3 is 0 Å². The smallest absolute Gasteiger partial charge is 0.247 e. The molecule has 2 aromatic carbocycles. The topological polar surface area (TPSA) is 99.3 Å². The lowest BCUT2D eigenvalue weighted by Gasteiger charge is -2.41. The van der Waals surface area contributed by atoms with E-state index in [0.717, 1.165) is 49.0 Å². The number of likely N-dealkylation sites (tertiary alicyclic amines) is 1. The third-order valence-electron chi connectivity index (χ3n) is 9.41. The van der Waals surface area contributed by atoms with Crippen molar-refractivity contribution in [3.05, 3.63) is 65.7 Å². The van der Waals surface area contributed by atoms with Gasteiger partial charge in [-0.15, -0.1) is 0 Å². The molecule has 1 aliphatic carbocycles. The summed E-state index contributed by atoms with van der Waals surface area (Å²) in [6, 6.07) is 16.7. The fraction of sp³-hybridized carbons (Fsp3) is 0.576. The first-order chi connectivity index (χ1) is 20.6. The van der Waals surface area contributed by atoms with Crippen LogP contribution in [0.5, 0.6) is 0 Å². The average Bonchev–Trinajstić information content (AvgIpc) is 3.31. The van der Waals surface area contributed by atoms with Crippen LogP contribution in [-0.2, 0) is 36.4 Å². The normalized spacial score (nSPS) is 22.4. The third kappa shape index (κ3) is 7.41. The van der Waals surface area contributed by atoms with Gasteiger partial charge in [-0.05, 0) is 69.3 Å². The first-order valence-electron chi connectivity index (χ1n) is 15.5. The summed E-state index contributed by atoms with van der Waals surface area (Å²) in [6.45, 7) is 2.79. The zero-order valence-electron chi connectivity index (χ0n) is 25.7. The minimum Gasteiger partial charge on any atom is -0.374 e. The maximum absolute atomic E-state index is 14.0. The van der Waals surface area contributed by atoms with Crippen LogP contribution in [0.3, 0.4) is 0 Å². The standard InChI is InChI=1S/C33H46N4O5S/c1-35(2)21-26-12-9-13-27(20-26)31(38)34-29(23-42-22-25-10-5-4-6-11-25)32(39)36-18-16-33(17-19-36)24-37(43(3,40)41)30-15-8-7-14-28(30)33/h4-8,10-11,14-15,26-27,29H,9,12-13,16-24H2,1-3H3,(H,34,38)/t26-,27+,29+/m0/s1. The van der Waals surface area contributed by atoms with Gasteiger partial charge in [0.1, 0.15) is 6.04 Å². The molecule has 0 radical (unpaired) electrons. The molecule has 0 bridgehead atoms. The van der Waals surface area contributed by atoms with Gasteiger partial charge < -0.3 is 19.9 Å². The Morgan fingerprint density at radius 1 is 1.05 bits per heavy atom. The molecule has 5 rings (SSSR count). The predicted octanol–water partition coefficient (Wildman–Crippen LogP) is 3.40. The number of nitrogens with zero attached hydrogens (tertiary/aromatic N) is 3. The Morgan fingerprint density at radius 3 is 2.44 bits per heavy atom. The minimum absolute atomic E-state index is 0.0629. The van der Waals surface area contributed by atoms with E-state index >= 15 is 0 Å². The van der Waals surface area contributed by atoms with Crippen LogP contribution in [-0.4, -0.2) is 89.2 Å². The van der Waals surface area contributed by atoms with E-state index in [-0.39, 0.29) is 29.8 Å². The number of nitrogens with one attached hydrogen (secondary N) is 1. The number of hydrogen-bond donors (Lipinski definition) is 1. The van der Waals surface area contributed by atoms with Gasteiger partial charge in [0.2, 0.25) is 21.8 Å². The number of anilines is 1. The molecule has 9 nitrogen and oxygen atoms in total. The van der Waals surface area contributed by atoms with Crippen molar-refractivity contribution in [2.75, 3.05) is 57.4 Å². The van der Waals surface area contributed by atoms with Crippen molar-refractivity contribution in [1.29, 1.82) is 0 Å². The molecular formula is C33H46N4O5S. The van der Waals surface area contributed by atoms with Gasteiger partial charge in [0.05, 0.1) is 25.2 Å². The first kappa shape index (κ1) is 31.5. The molecule has 1 saturated heterocycles. The van der Waals surface area contributed by atoms with Crippen LogP contribution >= 0.6 is 0 Å². The lowest BCUT2D eigenvalue weighted by molar-refractivity contribution is -0.141. The van der Waals surface area contributed by atoms with Gasteiger partial charge in [-0.1, -0.05) is 55.0 Å². The molecule has 2 heterocycles. The third-order valence-corrected chi connectivity index (χ3v) is 10.5. The zero-order chi connectivity index (χ0) is 30.6. The molecule has 234 valence electrons. The van der Waals surface area contributed by atoms with Gasteiger partial charge in [0.25, 0.3) is 0 Å². The quantitative estimate of drug-likeness (QED) is 0.443. The number of fused-ring (bicyclic) bond motifs is 2. The second-order valence-corrected chi connectivity index (χ2v) is 14.9. The van der Waals surface area contributed by atoms with E-state index in [1.165, 1.54) is 10.6 Å². The molecule has 3 atom stereocenters. The van der Waals surface area contributed by atoms with E-state index in [0.29, 0.717) is 45.0 Å². The number of benzene rings is 2. The van der Waals surface area contributed by atoms with Crippen molar-refractivity contribution in [1.82, 2.24) is 15.1 Å². The fourth-order valence-corrected chi connectivity index (χ4v) is 8.23. The number of ether oxygens (including phenoxy) is 1. The van der Waals surface area contributed by atoms with Crippen LogP contribution in [0.15, 0.2) is 54.6 Å². The molecule has 43 heavy (non-hydrogen) atoms. The summed E-state index contributed by atoms with van der Waals surface area (Å²) in [5, 5.41) is 3.09. The number of hydrogen-bond acceptors (Lipinski definition) is 6. The average molecular weight is 611 g/mol. The Kier molecular flexibility index (Phi) is 9.78. The van der Waals surface area contributed by atoms with Crippen LogP contribution in [0.4, 0.5) is 5.69 Å². The molecule has 1 N–H and O–H groups in total. The Morgan fingerprint density at radius 2 is 1.74 bits per heavy atom. The molecule has 2 aromatic rings. The Balaban J connectivity index is 1.27. The number of piperidine rings is 1. The number of carbonyl (C=O) groups excluding carboxylic acids is 2. The predicted molar refractivity (Wildman–Crippen MR) is 168 cm³/mol. The highest BCUT2D eigenvalue weighted by molar-refractivity contribution is 7.92. The van der Waals surface area contributed by atoms with E-state index in [2.05, 4.69) is 24.3 Å². The largest absolute Gasteiger partial charge is 0.374 e. The van der Waals surface area contributed by atoms with Crippen LogP contribution in [0.2, 0.25) is 0 Å². The fourth-order valence-electron chi connectivity index (χ4n) is 7.23. The van der Waals surface area contributed by atoms with Crippen LogP contribution in [0, 0.1) is 11.8 Å². The summed E-state index contributed by atoms with van der Waals surface area (Å²) in [7, 11) is 0.710. The monoisotopic (exact) mass is 610 g/mol. The van der Waals surface area contributed by atoms with Crippen LogP contribution < -0.4 is 9.62 Å². The Hall–Kier alpha value is -2.95. The number of rotatable bonds is 10. The van der Waals surface area contributed by atoms with Crippen molar-refractivity contribution in [3.8, 4) is 0 Å². The van der Waals surface area contributed by atoms with Crippen molar-refractivity contribution < 1.29 is 22.7 Å².